The summed E-state index contributed by atoms with van der Waals surface area (Å²) >= 11 is 0. The van der Waals surface area contributed by atoms with Crippen molar-refractivity contribution in [2.75, 3.05) is 14.2 Å². The second kappa shape index (κ2) is 5.79. The number of aryl methyl sites for hydroxylation is 2. The Morgan fingerprint density at radius 2 is 1.74 bits per heavy atom. The summed E-state index contributed by atoms with van der Waals surface area (Å²) in [5.74, 6) is 1.80. The molecule has 100 valence electrons. The van der Waals surface area contributed by atoms with Gasteiger partial charge in [-0.1, -0.05) is 35.9 Å². The Bertz CT molecular complexity index is 573. The van der Waals surface area contributed by atoms with Crippen LogP contribution in [0.3, 0.4) is 0 Å². The summed E-state index contributed by atoms with van der Waals surface area (Å²) in [4.78, 5) is 0. The zero-order valence-electron chi connectivity index (χ0n) is 12.0. The van der Waals surface area contributed by atoms with Gasteiger partial charge in [-0.2, -0.15) is 0 Å². The molecule has 0 aliphatic heterocycles. The lowest BCUT2D eigenvalue weighted by Gasteiger charge is -2.15. The summed E-state index contributed by atoms with van der Waals surface area (Å²) < 4.78 is 11.0. The van der Waals surface area contributed by atoms with E-state index in [4.69, 9.17) is 9.47 Å². The second-order valence-corrected chi connectivity index (χ2v) is 4.76. The van der Waals surface area contributed by atoms with Crippen molar-refractivity contribution in [1.29, 1.82) is 0 Å². The number of benzene rings is 2. The molecule has 0 amide bonds. The fourth-order valence-corrected chi connectivity index (χ4v) is 2.40. The first-order valence-electron chi connectivity index (χ1n) is 6.41. The van der Waals surface area contributed by atoms with Gasteiger partial charge in [0.15, 0.2) is 0 Å². The van der Waals surface area contributed by atoms with Gasteiger partial charge in [0.1, 0.15) is 11.5 Å². The first-order valence-corrected chi connectivity index (χ1v) is 6.41. The zero-order chi connectivity index (χ0) is 13.8. The SMILES string of the molecule is COc1ccc(C)c(OC)c1Cc1cccc(C)c1. The van der Waals surface area contributed by atoms with Crippen LogP contribution in [0.5, 0.6) is 11.5 Å². The van der Waals surface area contributed by atoms with Crippen LogP contribution in [0.25, 0.3) is 0 Å². The van der Waals surface area contributed by atoms with Crippen molar-refractivity contribution in [3.63, 3.8) is 0 Å². The summed E-state index contributed by atoms with van der Waals surface area (Å²) in [5, 5.41) is 0. The van der Waals surface area contributed by atoms with Crippen LogP contribution in [-0.4, -0.2) is 14.2 Å². The van der Waals surface area contributed by atoms with Gasteiger partial charge in [-0.05, 0) is 31.0 Å². The van der Waals surface area contributed by atoms with E-state index in [0.29, 0.717) is 0 Å². The van der Waals surface area contributed by atoms with Crippen LogP contribution < -0.4 is 9.47 Å². The van der Waals surface area contributed by atoms with Crippen molar-refractivity contribution < 1.29 is 9.47 Å². The lowest BCUT2D eigenvalue weighted by Crippen LogP contribution is -2.00. The Labute approximate surface area is 115 Å². The molecule has 0 atom stereocenters. The van der Waals surface area contributed by atoms with Gasteiger partial charge in [0.25, 0.3) is 0 Å². The average Bonchev–Trinajstić information content (AvgIpc) is 2.39. The molecule has 2 nitrogen and oxygen atoms in total. The van der Waals surface area contributed by atoms with Crippen molar-refractivity contribution in [3.05, 3.63) is 58.7 Å². The Balaban J connectivity index is 2.45. The fraction of sp³-hybridized carbons (Fsp3) is 0.294. The number of hydrogen-bond donors (Lipinski definition) is 0. The molecule has 0 spiro atoms. The van der Waals surface area contributed by atoms with E-state index in [0.717, 1.165) is 29.0 Å². The van der Waals surface area contributed by atoms with Gasteiger partial charge in [-0.15, -0.1) is 0 Å². The third kappa shape index (κ3) is 2.90. The first kappa shape index (κ1) is 13.5. The van der Waals surface area contributed by atoms with E-state index in [2.05, 4.69) is 38.1 Å². The van der Waals surface area contributed by atoms with Crippen molar-refractivity contribution in [1.82, 2.24) is 0 Å². The van der Waals surface area contributed by atoms with Gasteiger partial charge >= 0.3 is 0 Å². The van der Waals surface area contributed by atoms with Crippen molar-refractivity contribution in [2.45, 2.75) is 20.3 Å². The minimum Gasteiger partial charge on any atom is -0.496 e. The quantitative estimate of drug-likeness (QED) is 0.825. The minimum absolute atomic E-state index is 0.815. The van der Waals surface area contributed by atoms with Crippen LogP contribution in [0, 0.1) is 13.8 Å². The largest absolute Gasteiger partial charge is 0.496 e. The molecule has 0 heterocycles. The molecule has 0 N–H and O–H groups in total. The summed E-state index contributed by atoms with van der Waals surface area (Å²) in [6.07, 6.45) is 0.815. The van der Waals surface area contributed by atoms with E-state index >= 15 is 0 Å². The molecule has 2 rings (SSSR count). The van der Waals surface area contributed by atoms with Crippen LogP contribution in [0.1, 0.15) is 22.3 Å². The molecule has 0 aromatic heterocycles. The highest BCUT2D eigenvalue weighted by atomic mass is 16.5. The van der Waals surface area contributed by atoms with E-state index in [-0.39, 0.29) is 0 Å². The molecule has 0 fully saturated rings. The molecule has 2 aromatic rings. The maximum absolute atomic E-state index is 5.54. The summed E-state index contributed by atoms with van der Waals surface area (Å²) in [6.45, 7) is 4.16. The van der Waals surface area contributed by atoms with E-state index in [1.165, 1.54) is 11.1 Å². The number of methoxy groups -OCH3 is 2. The fourth-order valence-electron chi connectivity index (χ4n) is 2.40. The molecule has 0 saturated heterocycles. The molecule has 0 saturated carbocycles. The van der Waals surface area contributed by atoms with E-state index in [1.54, 1.807) is 14.2 Å². The average molecular weight is 256 g/mol. The van der Waals surface area contributed by atoms with E-state index in [1.807, 2.05) is 12.1 Å². The highest BCUT2D eigenvalue weighted by Gasteiger charge is 2.13. The monoisotopic (exact) mass is 256 g/mol. The zero-order valence-corrected chi connectivity index (χ0v) is 12.0. The Hall–Kier alpha value is -1.96. The summed E-state index contributed by atoms with van der Waals surface area (Å²) in [5.41, 5.74) is 4.77. The highest BCUT2D eigenvalue weighted by Crippen LogP contribution is 2.33. The lowest BCUT2D eigenvalue weighted by molar-refractivity contribution is 0.385. The molecular formula is C17H20O2. The summed E-state index contributed by atoms with van der Waals surface area (Å²) in [7, 11) is 3.41. The predicted octanol–water partition coefficient (Wildman–Crippen LogP) is 3.91. The Kier molecular flexibility index (Phi) is 4.10. The third-order valence-electron chi connectivity index (χ3n) is 3.30. The van der Waals surface area contributed by atoms with Crippen molar-refractivity contribution >= 4 is 0 Å². The van der Waals surface area contributed by atoms with Crippen molar-refractivity contribution in [2.24, 2.45) is 0 Å². The van der Waals surface area contributed by atoms with Crippen LogP contribution in [0.4, 0.5) is 0 Å². The smallest absolute Gasteiger partial charge is 0.128 e. The number of rotatable bonds is 4. The molecule has 0 radical (unpaired) electrons. The van der Waals surface area contributed by atoms with Crippen LogP contribution in [0.2, 0.25) is 0 Å². The van der Waals surface area contributed by atoms with Crippen LogP contribution >= 0.6 is 0 Å². The Morgan fingerprint density at radius 3 is 2.37 bits per heavy atom. The van der Waals surface area contributed by atoms with Gasteiger partial charge in [0, 0.05) is 12.0 Å². The van der Waals surface area contributed by atoms with Crippen LogP contribution in [-0.2, 0) is 6.42 Å². The molecule has 2 aromatic carbocycles. The second-order valence-electron chi connectivity index (χ2n) is 4.76. The molecule has 0 bridgehead atoms. The molecule has 2 heteroatoms. The van der Waals surface area contributed by atoms with Gasteiger partial charge in [0.05, 0.1) is 14.2 Å². The standard InChI is InChI=1S/C17H20O2/c1-12-6-5-7-14(10-12)11-15-16(18-3)9-8-13(2)17(15)19-4/h5-10H,11H2,1-4H3. The van der Waals surface area contributed by atoms with E-state index < -0.39 is 0 Å². The third-order valence-corrected chi connectivity index (χ3v) is 3.30. The maximum atomic E-state index is 5.54. The highest BCUT2D eigenvalue weighted by molar-refractivity contribution is 5.51. The predicted molar refractivity (Wildman–Crippen MR) is 78.3 cm³/mol. The van der Waals surface area contributed by atoms with Gasteiger partial charge in [0.2, 0.25) is 0 Å². The molecular weight excluding hydrogens is 236 g/mol. The number of ether oxygens (including phenoxy) is 2. The van der Waals surface area contributed by atoms with Crippen molar-refractivity contribution in [3.8, 4) is 11.5 Å². The molecule has 19 heavy (non-hydrogen) atoms. The van der Waals surface area contributed by atoms with Gasteiger partial charge in [-0.25, -0.2) is 0 Å². The molecule has 0 aliphatic carbocycles. The van der Waals surface area contributed by atoms with E-state index in [9.17, 15) is 0 Å². The van der Waals surface area contributed by atoms with Crippen LogP contribution in [0.15, 0.2) is 36.4 Å². The summed E-state index contributed by atoms with van der Waals surface area (Å²) in [6, 6.07) is 12.5. The van der Waals surface area contributed by atoms with Gasteiger partial charge < -0.3 is 9.47 Å². The minimum atomic E-state index is 0.815. The first-order chi connectivity index (χ1) is 9.15. The number of hydrogen-bond acceptors (Lipinski definition) is 2. The lowest BCUT2D eigenvalue weighted by atomic mass is 9.99. The Morgan fingerprint density at radius 1 is 0.947 bits per heavy atom. The van der Waals surface area contributed by atoms with Gasteiger partial charge in [-0.3, -0.25) is 0 Å². The normalized spacial score (nSPS) is 10.3. The molecule has 0 aliphatic rings. The molecule has 0 unspecified atom stereocenters. The maximum Gasteiger partial charge on any atom is 0.128 e. The topological polar surface area (TPSA) is 18.5 Å².